The monoisotopic (exact) mass is 341 g/mol. The highest BCUT2D eigenvalue weighted by Crippen LogP contribution is 2.31. The lowest BCUT2D eigenvalue weighted by Crippen LogP contribution is -2.46. The van der Waals surface area contributed by atoms with E-state index in [-0.39, 0.29) is 17.2 Å². The molecule has 1 aliphatic heterocycles. The zero-order valence-corrected chi connectivity index (χ0v) is 13.9. The van der Waals surface area contributed by atoms with Gasteiger partial charge in [0.2, 0.25) is 0 Å². The summed E-state index contributed by atoms with van der Waals surface area (Å²) in [6.45, 7) is 4.02. The molecule has 0 aromatic heterocycles. The van der Waals surface area contributed by atoms with Crippen molar-refractivity contribution in [3.8, 4) is 5.75 Å². The SMILES string of the molecule is CC(=O)c1ccc(N2CCN(c3cccc(O)c3)CC2)c([N+](=O)[O-])c1. The van der Waals surface area contributed by atoms with Crippen molar-refractivity contribution < 1.29 is 14.8 Å². The third-order valence-electron chi connectivity index (χ3n) is 4.39. The molecule has 1 fully saturated rings. The number of nitrogens with zero attached hydrogens (tertiary/aromatic N) is 3. The molecule has 2 aromatic rings. The van der Waals surface area contributed by atoms with Gasteiger partial charge in [-0.05, 0) is 31.2 Å². The first-order valence-electron chi connectivity index (χ1n) is 8.04. The molecule has 2 aromatic carbocycles. The molecular formula is C18H19N3O4. The summed E-state index contributed by atoms with van der Waals surface area (Å²) < 4.78 is 0. The standard InChI is InChI=1S/C18H19N3O4/c1-13(22)14-5-6-17(18(11-14)21(24)25)20-9-7-19(8-10-20)15-3-2-4-16(23)12-15/h2-6,11-12,23H,7-10H2,1H3. The van der Waals surface area contributed by atoms with Crippen molar-refractivity contribution in [2.45, 2.75) is 6.92 Å². The molecule has 0 amide bonds. The maximum atomic E-state index is 11.5. The van der Waals surface area contributed by atoms with Crippen molar-refractivity contribution in [1.82, 2.24) is 0 Å². The third kappa shape index (κ3) is 3.55. The lowest BCUT2D eigenvalue weighted by Gasteiger charge is -2.37. The minimum Gasteiger partial charge on any atom is -0.508 e. The van der Waals surface area contributed by atoms with Crippen molar-refractivity contribution in [3.63, 3.8) is 0 Å². The largest absolute Gasteiger partial charge is 0.508 e. The van der Waals surface area contributed by atoms with Gasteiger partial charge in [0.05, 0.1) is 4.92 Å². The van der Waals surface area contributed by atoms with E-state index < -0.39 is 4.92 Å². The van der Waals surface area contributed by atoms with Crippen molar-refractivity contribution in [2.24, 2.45) is 0 Å². The minimum atomic E-state index is -0.441. The Morgan fingerprint density at radius 3 is 2.36 bits per heavy atom. The molecule has 3 rings (SSSR count). The third-order valence-corrected chi connectivity index (χ3v) is 4.39. The van der Waals surface area contributed by atoms with Gasteiger partial charge in [0, 0.05) is 49.6 Å². The molecule has 0 saturated carbocycles. The first-order chi connectivity index (χ1) is 12.0. The van der Waals surface area contributed by atoms with Crippen LogP contribution in [0.3, 0.4) is 0 Å². The molecule has 7 nitrogen and oxygen atoms in total. The molecule has 1 aliphatic rings. The first-order valence-corrected chi connectivity index (χ1v) is 8.04. The van der Waals surface area contributed by atoms with E-state index in [2.05, 4.69) is 4.90 Å². The van der Waals surface area contributed by atoms with E-state index in [1.165, 1.54) is 13.0 Å². The molecule has 0 radical (unpaired) electrons. The van der Waals surface area contributed by atoms with E-state index >= 15 is 0 Å². The molecule has 0 atom stereocenters. The average Bonchev–Trinajstić information content (AvgIpc) is 2.61. The van der Waals surface area contributed by atoms with Gasteiger partial charge < -0.3 is 14.9 Å². The molecular weight excluding hydrogens is 322 g/mol. The Bertz CT molecular complexity index is 814. The Labute approximate surface area is 145 Å². The molecule has 0 unspecified atom stereocenters. The van der Waals surface area contributed by atoms with Gasteiger partial charge >= 0.3 is 0 Å². The highest BCUT2D eigenvalue weighted by atomic mass is 16.6. The van der Waals surface area contributed by atoms with Crippen LogP contribution in [-0.4, -0.2) is 42.0 Å². The van der Waals surface area contributed by atoms with Gasteiger partial charge in [-0.25, -0.2) is 0 Å². The number of nitro groups is 1. The van der Waals surface area contributed by atoms with Gasteiger partial charge in [0.15, 0.2) is 5.78 Å². The fourth-order valence-corrected chi connectivity index (χ4v) is 3.05. The fraction of sp³-hybridized carbons (Fsp3) is 0.278. The van der Waals surface area contributed by atoms with Crippen LogP contribution in [0, 0.1) is 10.1 Å². The number of phenols is 1. The van der Waals surface area contributed by atoms with Crippen LogP contribution in [0.2, 0.25) is 0 Å². The van der Waals surface area contributed by atoms with E-state index in [1.807, 2.05) is 11.0 Å². The summed E-state index contributed by atoms with van der Waals surface area (Å²) in [6, 6.07) is 11.7. The van der Waals surface area contributed by atoms with E-state index in [4.69, 9.17) is 0 Å². The number of anilines is 2. The van der Waals surface area contributed by atoms with Gasteiger partial charge in [-0.2, -0.15) is 0 Å². The van der Waals surface area contributed by atoms with Crippen molar-refractivity contribution >= 4 is 22.8 Å². The van der Waals surface area contributed by atoms with Crippen molar-refractivity contribution in [2.75, 3.05) is 36.0 Å². The smallest absolute Gasteiger partial charge is 0.293 e. The zero-order valence-electron chi connectivity index (χ0n) is 13.9. The average molecular weight is 341 g/mol. The normalized spacial score (nSPS) is 14.4. The number of nitro benzene ring substituents is 1. The van der Waals surface area contributed by atoms with Gasteiger partial charge in [-0.15, -0.1) is 0 Å². The van der Waals surface area contributed by atoms with Gasteiger partial charge in [-0.1, -0.05) is 6.07 Å². The van der Waals surface area contributed by atoms with Crippen LogP contribution >= 0.6 is 0 Å². The molecule has 0 bridgehead atoms. The number of ketones is 1. The molecule has 1 saturated heterocycles. The number of hydrogen-bond donors (Lipinski definition) is 1. The van der Waals surface area contributed by atoms with E-state index in [0.29, 0.717) is 37.4 Å². The van der Waals surface area contributed by atoms with Gasteiger partial charge in [0.25, 0.3) is 5.69 Å². The van der Waals surface area contributed by atoms with E-state index in [1.54, 1.807) is 30.3 Å². The van der Waals surface area contributed by atoms with Crippen LogP contribution in [-0.2, 0) is 0 Å². The van der Waals surface area contributed by atoms with Crippen molar-refractivity contribution in [1.29, 1.82) is 0 Å². The summed E-state index contributed by atoms with van der Waals surface area (Å²) in [5.74, 6) is 0.0266. The van der Waals surface area contributed by atoms with Crippen LogP contribution in [0.25, 0.3) is 0 Å². The molecule has 0 aliphatic carbocycles. The van der Waals surface area contributed by atoms with Crippen LogP contribution in [0.1, 0.15) is 17.3 Å². The summed E-state index contributed by atoms with van der Waals surface area (Å²) in [7, 11) is 0. The second-order valence-corrected chi connectivity index (χ2v) is 6.01. The number of Topliss-reactive ketones (excluding diaryl/α,β-unsaturated/α-hetero) is 1. The van der Waals surface area contributed by atoms with E-state index in [9.17, 15) is 20.0 Å². The number of hydrogen-bond acceptors (Lipinski definition) is 6. The Balaban J connectivity index is 1.78. The Morgan fingerprint density at radius 1 is 1.08 bits per heavy atom. The number of aromatic hydroxyl groups is 1. The predicted octanol–water partition coefficient (Wildman–Crippen LogP) is 2.83. The van der Waals surface area contributed by atoms with Crippen molar-refractivity contribution in [3.05, 3.63) is 58.1 Å². The summed E-state index contributed by atoms with van der Waals surface area (Å²) in [5, 5.41) is 21.0. The summed E-state index contributed by atoms with van der Waals surface area (Å²) in [4.78, 5) is 26.5. The van der Waals surface area contributed by atoms with Gasteiger partial charge in [-0.3, -0.25) is 14.9 Å². The van der Waals surface area contributed by atoms with Crippen LogP contribution < -0.4 is 9.80 Å². The Morgan fingerprint density at radius 2 is 1.76 bits per heavy atom. The van der Waals surface area contributed by atoms with Crippen LogP contribution in [0.5, 0.6) is 5.75 Å². The number of phenolic OH excluding ortho intramolecular Hbond substituents is 1. The molecule has 1 heterocycles. The van der Waals surface area contributed by atoms with E-state index in [0.717, 1.165) is 5.69 Å². The zero-order chi connectivity index (χ0) is 18.0. The fourth-order valence-electron chi connectivity index (χ4n) is 3.05. The minimum absolute atomic E-state index is 0.0431. The second kappa shape index (κ2) is 6.80. The Kier molecular flexibility index (Phi) is 4.56. The second-order valence-electron chi connectivity index (χ2n) is 6.01. The first kappa shape index (κ1) is 16.8. The summed E-state index contributed by atoms with van der Waals surface area (Å²) in [5.41, 5.74) is 1.76. The maximum Gasteiger partial charge on any atom is 0.293 e. The van der Waals surface area contributed by atoms with Gasteiger partial charge in [0.1, 0.15) is 11.4 Å². The molecule has 0 spiro atoms. The number of piperazine rings is 1. The highest BCUT2D eigenvalue weighted by Gasteiger charge is 2.24. The Hall–Kier alpha value is -3.09. The molecule has 25 heavy (non-hydrogen) atoms. The lowest BCUT2D eigenvalue weighted by atomic mass is 10.1. The predicted molar refractivity (Wildman–Crippen MR) is 95.6 cm³/mol. The highest BCUT2D eigenvalue weighted by molar-refractivity contribution is 5.95. The molecule has 1 N–H and O–H groups in total. The number of carbonyl (C=O) groups excluding carboxylic acids is 1. The van der Waals surface area contributed by atoms with Crippen LogP contribution in [0.4, 0.5) is 17.1 Å². The number of carbonyl (C=O) groups is 1. The summed E-state index contributed by atoms with van der Waals surface area (Å²) in [6.07, 6.45) is 0. The quantitative estimate of drug-likeness (QED) is 0.523. The molecule has 7 heteroatoms. The maximum absolute atomic E-state index is 11.5. The number of benzene rings is 2. The summed E-state index contributed by atoms with van der Waals surface area (Å²) >= 11 is 0. The topological polar surface area (TPSA) is 86.9 Å². The number of rotatable bonds is 4. The van der Waals surface area contributed by atoms with Crippen LogP contribution in [0.15, 0.2) is 42.5 Å². The lowest BCUT2D eigenvalue weighted by molar-refractivity contribution is -0.384. The molecule has 130 valence electrons.